The van der Waals surface area contributed by atoms with Crippen LogP contribution in [-0.2, 0) is 36.4 Å². The van der Waals surface area contributed by atoms with Crippen molar-refractivity contribution in [3.63, 3.8) is 0 Å². The van der Waals surface area contributed by atoms with Gasteiger partial charge in [-0.05, 0) is 190 Å². The van der Waals surface area contributed by atoms with Crippen molar-refractivity contribution in [2.24, 2.45) is 0 Å². The van der Waals surface area contributed by atoms with Gasteiger partial charge in [-0.2, -0.15) is 52.7 Å². The van der Waals surface area contributed by atoms with Crippen molar-refractivity contribution in [1.82, 2.24) is 50.5 Å². The van der Waals surface area contributed by atoms with Crippen LogP contribution in [0.4, 0.5) is 75.4 Å². The third-order valence-electron chi connectivity index (χ3n) is 16.8. The van der Waals surface area contributed by atoms with Gasteiger partial charge in [0.1, 0.15) is 22.2 Å². The minimum atomic E-state index is -4.60. The first kappa shape index (κ1) is 92.3. The van der Waals surface area contributed by atoms with E-state index in [0.29, 0.717) is 99.0 Å². The first-order valence-corrected chi connectivity index (χ1v) is 36.7. The second kappa shape index (κ2) is 40.5. The number of rotatable bonds is 18. The number of carbonyl (C=O) groups excluding carboxylic acids is 6. The molecule has 0 fully saturated rings. The molecule has 12 aromatic rings. The van der Waals surface area contributed by atoms with Crippen LogP contribution in [0.3, 0.4) is 0 Å². The van der Waals surface area contributed by atoms with Gasteiger partial charge in [0.25, 0.3) is 29.5 Å². The van der Waals surface area contributed by atoms with E-state index < -0.39 is 77.9 Å². The highest BCUT2D eigenvalue weighted by molar-refractivity contribution is 6.35. The molecule has 5 amide bonds. The molecule has 39 heteroatoms. The highest BCUT2D eigenvalue weighted by Gasteiger charge is 2.36. The van der Waals surface area contributed by atoms with E-state index >= 15 is 0 Å². The topological polar surface area (TPSA) is 307 Å². The molecule has 0 unspecified atom stereocenters. The molecule has 0 bridgehead atoms. The molecule has 626 valence electrons. The van der Waals surface area contributed by atoms with Crippen LogP contribution in [0.25, 0.3) is 45.0 Å². The maximum absolute atomic E-state index is 12.8. The molecule has 0 aliphatic heterocycles. The number of hydrogen-bond donors (Lipinski definition) is 7. The SMILES string of the molecule is CNC(=O)c1ccc(-c2cc(NC(=O)c3ccc(C(F)(F)F)nc3C)ccc2Cl)nc1.COC(=O)c1ccc(-c2cc(NC(=O)c3ccc(C(F)(F)F)nc3C)ccc2Cl)nc1.Cc1nc(C(F)(F)F)ccc1C(=O)Nc1ccc(Cl)c(-c2ccc(CO)cn2)c1.O=C(Nc1ccc(Cl)c(-c2ccccn2)c1)c1ccc(CNCC(F)(F)F)nc1Cl. The molecule has 0 saturated heterocycles. The van der Waals surface area contributed by atoms with Crippen molar-refractivity contribution >= 4 is 116 Å². The number of aliphatic hydroxyl groups excluding tert-OH is 1. The maximum Gasteiger partial charge on any atom is 0.433 e. The van der Waals surface area contributed by atoms with Crippen LogP contribution in [0, 0.1) is 20.8 Å². The Morgan fingerprint density at radius 1 is 0.405 bits per heavy atom. The number of alkyl halides is 12. The van der Waals surface area contributed by atoms with Crippen molar-refractivity contribution in [2.45, 2.75) is 58.6 Å². The Bertz CT molecular complexity index is 5620. The molecule has 4 aromatic carbocycles. The first-order valence-electron chi connectivity index (χ1n) is 34.8. The second-order valence-electron chi connectivity index (χ2n) is 25.3. The smallest absolute Gasteiger partial charge is 0.433 e. The fraction of sp³-hybridized carbons (Fsp3) is 0.146. The maximum atomic E-state index is 12.8. The Kier molecular flexibility index (Phi) is 30.9. The zero-order chi connectivity index (χ0) is 88.4. The lowest BCUT2D eigenvalue weighted by Gasteiger charge is -2.12. The third-order valence-corrected chi connectivity index (χ3v) is 18.4. The van der Waals surface area contributed by atoms with Crippen molar-refractivity contribution < 1.29 is 91.3 Å². The van der Waals surface area contributed by atoms with Gasteiger partial charge in [-0.3, -0.25) is 43.9 Å². The monoisotopic (exact) mass is 1770 g/mol. The third kappa shape index (κ3) is 25.5. The zero-order valence-corrected chi connectivity index (χ0v) is 66.8. The summed E-state index contributed by atoms with van der Waals surface area (Å²) in [5.41, 5.74) is 4.21. The normalized spacial score (nSPS) is 11.3. The number of esters is 1. The molecule has 0 radical (unpaired) electrons. The number of benzene rings is 4. The summed E-state index contributed by atoms with van der Waals surface area (Å²) in [5, 5.41) is 25.9. The number of hydrogen-bond acceptors (Lipinski definition) is 17. The Morgan fingerprint density at radius 3 is 1.07 bits per heavy atom. The van der Waals surface area contributed by atoms with Gasteiger partial charge < -0.3 is 41.7 Å². The molecule has 12 rings (SSSR count). The van der Waals surface area contributed by atoms with Crippen molar-refractivity contribution in [2.75, 3.05) is 42.0 Å². The lowest BCUT2D eigenvalue weighted by atomic mass is 10.1. The number of nitrogens with zero attached hydrogens (tertiary/aromatic N) is 8. The van der Waals surface area contributed by atoms with Gasteiger partial charge in [-0.25, -0.2) is 24.7 Å². The molecule has 121 heavy (non-hydrogen) atoms. The zero-order valence-electron chi connectivity index (χ0n) is 63.0. The summed E-state index contributed by atoms with van der Waals surface area (Å²) in [6, 6.07) is 42.4. The van der Waals surface area contributed by atoms with E-state index in [1.54, 1.807) is 121 Å². The number of halogens is 17. The number of nitrogens with one attached hydrogen (secondary N) is 6. The van der Waals surface area contributed by atoms with E-state index in [0.717, 1.165) is 36.4 Å². The molecule has 8 aromatic heterocycles. The van der Waals surface area contributed by atoms with Gasteiger partial charge in [0.15, 0.2) is 0 Å². The van der Waals surface area contributed by atoms with Crippen LogP contribution in [0.2, 0.25) is 25.2 Å². The minimum Gasteiger partial charge on any atom is -0.465 e. The molecular formula is C82H61Cl5F12N14O8. The quantitative estimate of drug-likeness (QED) is 0.0238. The number of ether oxygens (including phenoxy) is 1. The van der Waals surface area contributed by atoms with E-state index in [1.807, 2.05) is 6.07 Å². The van der Waals surface area contributed by atoms with Crippen LogP contribution < -0.4 is 31.9 Å². The highest BCUT2D eigenvalue weighted by Crippen LogP contribution is 2.37. The van der Waals surface area contributed by atoms with Gasteiger partial charge >= 0.3 is 30.7 Å². The predicted molar refractivity (Wildman–Crippen MR) is 430 cm³/mol. The molecule has 8 heterocycles. The van der Waals surface area contributed by atoms with Crippen molar-refractivity contribution in [3.05, 3.63) is 305 Å². The van der Waals surface area contributed by atoms with E-state index in [1.165, 1.54) is 71.7 Å². The van der Waals surface area contributed by atoms with Gasteiger partial charge in [0.2, 0.25) is 0 Å². The largest absolute Gasteiger partial charge is 0.465 e. The Balaban J connectivity index is 0.000000183. The van der Waals surface area contributed by atoms with E-state index in [9.17, 15) is 81.5 Å². The number of methoxy groups -OCH3 is 1. The number of pyridine rings is 8. The number of carbonyl (C=O) groups is 6. The van der Waals surface area contributed by atoms with Gasteiger partial charge in [0.05, 0.1) is 119 Å². The van der Waals surface area contributed by atoms with Crippen LogP contribution in [0.1, 0.15) is 108 Å². The van der Waals surface area contributed by atoms with Crippen LogP contribution >= 0.6 is 58.0 Å². The Labute approximate surface area is 704 Å². The number of aliphatic hydroxyl groups is 1. The number of anilines is 4. The molecule has 0 atom stereocenters. The van der Waals surface area contributed by atoms with Gasteiger partial charge in [-0.15, -0.1) is 0 Å². The lowest BCUT2D eigenvalue weighted by Crippen LogP contribution is -2.28. The molecule has 0 aliphatic carbocycles. The van der Waals surface area contributed by atoms with Gasteiger partial charge in [0, 0.05) is 83.4 Å². The summed E-state index contributed by atoms with van der Waals surface area (Å²) in [6.07, 6.45) is -12.2. The average molecular weight is 1780 g/mol. The van der Waals surface area contributed by atoms with E-state index in [4.69, 9.17) is 63.1 Å². The number of amides is 5. The highest BCUT2D eigenvalue weighted by atomic mass is 35.5. The Morgan fingerprint density at radius 2 is 0.769 bits per heavy atom. The average Bonchev–Trinajstić information content (AvgIpc) is 0.809. The first-order chi connectivity index (χ1) is 57.1. The Hall–Kier alpha value is -12.6. The molecular weight excluding hydrogens is 1710 g/mol. The van der Waals surface area contributed by atoms with Crippen molar-refractivity contribution in [3.8, 4) is 45.0 Å². The number of aryl methyl sites for hydroxylation is 3. The summed E-state index contributed by atoms with van der Waals surface area (Å²) in [7, 11) is 2.76. The molecule has 0 saturated carbocycles. The number of aromatic nitrogens is 8. The molecule has 0 spiro atoms. The van der Waals surface area contributed by atoms with Crippen molar-refractivity contribution in [1.29, 1.82) is 0 Å². The van der Waals surface area contributed by atoms with Crippen LogP contribution in [0.15, 0.2) is 201 Å². The lowest BCUT2D eigenvalue weighted by molar-refractivity contribution is -0.142. The molecule has 0 aliphatic rings. The van der Waals surface area contributed by atoms with Gasteiger partial charge in [-0.1, -0.05) is 70.1 Å². The summed E-state index contributed by atoms with van der Waals surface area (Å²) in [5.74, 6) is -3.17. The standard InChI is InChI=1S/C21H16ClF3N4O2.C21H15ClF3N3O3.C20H15Cl2F3N4O.C20H15ClF3N3O2/c1-11-14(5-8-18(28-11)21(23,24)25)20(31)29-13-4-6-16(22)15(9-13)17-7-3-12(10-27-17)19(30)26-2;1-11-14(5-8-18(27-11)21(23,24)25)19(29)28-13-4-6-16(22)15(9-13)17-7-3-12(10-26-17)20(30)31-2;21-16-7-5-12(9-15(16)17-3-1-2-8-27-17)29-19(30)14-6-4-13(28-18(14)22)10-26-11-20(23,24)25;1-11-14(4-7-18(26-11)20(22,23)24)19(29)27-13-3-5-16(21)15(8-13)17-6-2-12(10-28)9-25-17/h3-10H,1-2H3,(H,26,30)(H,29,31);3-10H,1-2H3,(H,28,29);1-9,26H,10-11H2,(H,29,30);2-9,28H,10H2,1H3,(H,27,29). The summed E-state index contributed by atoms with van der Waals surface area (Å²) in [6.45, 7) is 2.57. The fourth-order valence-electron chi connectivity index (χ4n) is 10.8. The summed E-state index contributed by atoms with van der Waals surface area (Å²) >= 11 is 31.0. The molecule has 7 N–H and O–H groups in total. The fourth-order valence-corrected chi connectivity index (χ4v) is 11.9. The minimum absolute atomic E-state index is 0.00468. The predicted octanol–water partition coefficient (Wildman–Crippen LogP) is 20.1. The van der Waals surface area contributed by atoms with Crippen LogP contribution in [-0.4, -0.2) is 107 Å². The van der Waals surface area contributed by atoms with E-state index in [2.05, 4.69) is 76.5 Å². The van der Waals surface area contributed by atoms with E-state index in [-0.39, 0.29) is 74.8 Å². The summed E-state index contributed by atoms with van der Waals surface area (Å²) < 4.78 is 156. The van der Waals surface area contributed by atoms with Crippen LogP contribution in [0.5, 0.6) is 0 Å². The summed E-state index contributed by atoms with van der Waals surface area (Å²) in [4.78, 5) is 105. The second-order valence-corrected chi connectivity index (χ2v) is 27.3. The molecule has 22 nitrogen and oxygen atoms in total.